The van der Waals surface area contributed by atoms with Crippen LogP contribution in [0.3, 0.4) is 0 Å². The third-order valence-corrected chi connectivity index (χ3v) is 3.87. The second-order valence-electron chi connectivity index (χ2n) is 7.02. The zero-order chi connectivity index (χ0) is 19.0. The Hall–Kier alpha value is -3.06. The summed E-state index contributed by atoms with van der Waals surface area (Å²) < 4.78 is 5.25. The van der Waals surface area contributed by atoms with Crippen molar-refractivity contribution in [3.8, 4) is 11.8 Å². The Morgan fingerprint density at radius 3 is 2.58 bits per heavy atom. The van der Waals surface area contributed by atoms with Crippen molar-refractivity contribution in [2.24, 2.45) is 0 Å². The molecular formula is C22H24N2O2. The third kappa shape index (κ3) is 6.10. The Bertz CT molecular complexity index is 809. The van der Waals surface area contributed by atoms with Crippen molar-refractivity contribution in [1.29, 1.82) is 5.26 Å². The molecule has 0 saturated carbocycles. The molecule has 0 unspecified atom stereocenters. The van der Waals surface area contributed by atoms with Crippen molar-refractivity contribution < 1.29 is 9.53 Å². The summed E-state index contributed by atoms with van der Waals surface area (Å²) in [5, 5.41) is 11.4. The van der Waals surface area contributed by atoms with Crippen molar-refractivity contribution in [2.45, 2.75) is 32.7 Å². The summed E-state index contributed by atoms with van der Waals surface area (Å²) in [7, 11) is 0. The molecule has 0 fully saturated rings. The van der Waals surface area contributed by atoms with Gasteiger partial charge in [0.25, 0.3) is 0 Å². The number of nitrogens with zero attached hydrogens (tertiary/aromatic N) is 1. The number of hydrogen-bond acceptors (Lipinski definition) is 3. The van der Waals surface area contributed by atoms with Gasteiger partial charge in [0.05, 0.1) is 0 Å². The van der Waals surface area contributed by atoms with E-state index in [4.69, 9.17) is 10.00 Å². The summed E-state index contributed by atoms with van der Waals surface area (Å²) in [4.78, 5) is 12.0. The molecule has 0 spiro atoms. The van der Waals surface area contributed by atoms with Crippen molar-refractivity contribution in [2.75, 3.05) is 6.61 Å². The molecule has 26 heavy (non-hydrogen) atoms. The van der Waals surface area contributed by atoms with Crippen molar-refractivity contribution in [1.82, 2.24) is 5.32 Å². The molecule has 4 nitrogen and oxygen atoms in total. The predicted molar refractivity (Wildman–Crippen MR) is 104 cm³/mol. The van der Waals surface area contributed by atoms with Gasteiger partial charge < -0.3 is 10.1 Å². The van der Waals surface area contributed by atoms with E-state index in [0.717, 1.165) is 11.1 Å². The predicted octanol–water partition coefficient (Wildman–Crippen LogP) is 4.22. The minimum absolute atomic E-state index is 0.00650. The first kappa shape index (κ1) is 19.3. The summed E-state index contributed by atoms with van der Waals surface area (Å²) in [5.74, 6) is 0.459. The second kappa shape index (κ2) is 8.87. The average molecular weight is 348 g/mol. The van der Waals surface area contributed by atoms with Gasteiger partial charge in [0, 0.05) is 12.6 Å². The van der Waals surface area contributed by atoms with E-state index in [-0.39, 0.29) is 17.9 Å². The van der Waals surface area contributed by atoms with Crippen LogP contribution >= 0.6 is 0 Å². The number of nitriles is 1. The van der Waals surface area contributed by atoms with E-state index in [0.29, 0.717) is 12.3 Å². The number of carbonyl (C=O) groups excluding carboxylic acids is 1. The molecule has 0 aliphatic heterocycles. The van der Waals surface area contributed by atoms with Gasteiger partial charge >= 0.3 is 0 Å². The van der Waals surface area contributed by atoms with E-state index >= 15 is 0 Å². The van der Waals surface area contributed by atoms with E-state index in [2.05, 4.69) is 38.2 Å². The molecule has 0 aliphatic carbocycles. The first-order valence-corrected chi connectivity index (χ1v) is 8.53. The SMILES string of the molecule is CC(C)(C)c1ccc(/C=C/C(=O)NCc2cccc(OCC#N)c2)cc1. The highest BCUT2D eigenvalue weighted by Crippen LogP contribution is 2.22. The molecular weight excluding hydrogens is 324 g/mol. The maximum atomic E-state index is 12.0. The smallest absolute Gasteiger partial charge is 0.244 e. The minimum Gasteiger partial charge on any atom is -0.479 e. The van der Waals surface area contributed by atoms with Gasteiger partial charge in [-0.2, -0.15) is 5.26 Å². The highest BCUT2D eigenvalue weighted by molar-refractivity contribution is 5.91. The van der Waals surface area contributed by atoms with Gasteiger partial charge in [-0.15, -0.1) is 0 Å². The Morgan fingerprint density at radius 2 is 1.92 bits per heavy atom. The number of benzene rings is 2. The van der Waals surface area contributed by atoms with Gasteiger partial charge in [-0.05, 0) is 40.3 Å². The molecule has 0 radical (unpaired) electrons. The normalized spacial score (nSPS) is 11.2. The fourth-order valence-corrected chi connectivity index (χ4v) is 2.38. The zero-order valence-corrected chi connectivity index (χ0v) is 15.5. The maximum Gasteiger partial charge on any atom is 0.244 e. The fourth-order valence-electron chi connectivity index (χ4n) is 2.38. The molecule has 0 heterocycles. The zero-order valence-electron chi connectivity index (χ0n) is 15.5. The van der Waals surface area contributed by atoms with E-state index in [1.165, 1.54) is 11.6 Å². The van der Waals surface area contributed by atoms with Crippen LogP contribution in [-0.4, -0.2) is 12.5 Å². The Balaban J connectivity index is 1.89. The molecule has 0 atom stereocenters. The van der Waals surface area contributed by atoms with Crippen molar-refractivity contribution in [3.63, 3.8) is 0 Å². The molecule has 2 rings (SSSR count). The molecule has 0 bridgehead atoms. The van der Waals surface area contributed by atoms with Gasteiger partial charge in [0.1, 0.15) is 11.8 Å². The lowest BCUT2D eigenvalue weighted by molar-refractivity contribution is -0.116. The number of ether oxygens (including phenoxy) is 1. The Kier molecular flexibility index (Phi) is 6.57. The fraction of sp³-hybridized carbons (Fsp3) is 0.273. The van der Waals surface area contributed by atoms with Crippen LogP contribution in [0.5, 0.6) is 5.75 Å². The van der Waals surface area contributed by atoms with Gasteiger partial charge in [0.15, 0.2) is 6.61 Å². The highest BCUT2D eigenvalue weighted by atomic mass is 16.5. The van der Waals surface area contributed by atoms with Crippen LogP contribution in [0.4, 0.5) is 0 Å². The van der Waals surface area contributed by atoms with Gasteiger partial charge in [-0.25, -0.2) is 0 Å². The quantitative estimate of drug-likeness (QED) is 0.795. The largest absolute Gasteiger partial charge is 0.479 e. The average Bonchev–Trinajstić information content (AvgIpc) is 2.63. The second-order valence-corrected chi connectivity index (χ2v) is 7.02. The molecule has 134 valence electrons. The molecule has 1 N–H and O–H groups in total. The van der Waals surface area contributed by atoms with Crippen molar-refractivity contribution >= 4 is 12.0 Å². The van der Waals surface area contributed by atoms with Gasteiger partial charge in [-0.3, -0.25) is 4.79 Å². The van der Waals surface area contributed by atoms with E-state index in [9.17, 15) is 4.79 Å². The minimum atomic E-state index is -0.159. The summed E-state index contributed by atoms with van der Waals surface area (Å²) in [5.41, 5.74) is 3.28. The van der Waals surface area contributed by atoms with Crippen molar-refractivity contribution in [3.05, 3.63) is 71.3 Å². The number of amides is 1. The standard InChI is InChI=1S/C22H24N2O2/c1-22(2,3)19-10-7-17(8-11-19)9-12-21(25)24-16-18-5-4-6-20(15-18)26-14-13-23/h4-12,15H,14,16H2,1-3H3,(H,24,25)/b12-9+. The Labute approximate surface area is 155 Å². The van der Waals surface area contributed by atoms with Crippen LogP contribution in [0.25, 0.3) is 6.08 Å². The van der Waals surface area contributed by atoms with Gasteiger partial charge in [0.2, 0.25) is 5.91 Å². The van der Waals surface area contributed by atoms with E-state index in [1.54, 1.807) is 12.1 Å². The van der Waals surface area contributed by atoms with Gasteiger partial charge in [-0.1, -0.05) is 57.2 Å². The number of carbonyl (C=O) groups is 1. The highest BCUT2D eigenvalue weighted by Gasteiger charge is 2.12. The molecule has 0 saturated heterocycles. The van der Waals surface area contributed by atoms with E-state index in [1.807, 2.05) is 36.4 Å². The summed E-state index contributed by atoms with van der Waals surface area (Å²) in [6.45, 7) is 6.92. The summed E-state index contributed by atoms with van der Waals surface area (Å²) >= 11 is 0. The molecule has 1 amide bonds. The first-order chi connectivity index (χ1) is 12.4. The monoisotopic (exact) mass is 348 g/mol. The molecule has 2 aromatic rings. The number of nitrogens with one attached hydrogen (secondary N) is 1. The Morgan fingerprint density at radius 1 is 1.19 bits per heavy atom. The molecule has 0 aliphatic rings. The topological polar surface area (TPSA) is 62.1 Å². The summed E-state index contributed by atoms with van der Waals surface area (Å²) in [6.07, 6.45) is 3.33. The van der Waals surface area contributed by atoms with E-state index < -0.39 is 0 Å². The lowest BCUT2D eigenvalue weighted by Gasteiger charge is -2.18. The number of hydrogen-bond donors (Lipinski definition) is 1. The lowest BCUT2D eigenvalue weighted by Crippen LogP contribution is -2.20. The summed E-state index contributed by atoms with van der Waals surface area (Å²) in [6, 6.07) is 17.5. The van der Waals surface area contributed by atoms with Crippen LogP contribution in [0, 0.1) is 11.3 Å². The molecule has 2 aromatic carbocycles. The van der Waals surface area contributed by atoms with Crippen LogP contribution < -0.4 is 10.1 Å². The van der Waals surface area contributed by atoms with Crippen LogP contribution in [0.2, 0.25) is 0 Å². The third-order valence-electron chi connectivity index (χ3n) is 3.87. The van der Waals surface area contributed by atoms with Crippen LogP contribution in [-0.2, 0) is 16.8 Å². The first-order valence-electron chi connectivity index (χ1n) is 8.53. The van der Waals surface area contributed by atoms with Crippen LogP contribution in [0.15, 0.2) is 54.6 Å². The maximum absolute atomic E-state index is 12.0. The molecule has 4 heteroatoms. The lowest BCUT2D eigenvalue weighted by atomic mass is 9.87. The van der Waals surface area contributed by atoms with Crippen LogP contribution in [0.1, 0.15) is 37.5 Å². The number of rotatable bonds is 6. The molecule has 0 aromatic heterocycles.